The Labute approximate surface area is 119 Å². The second-order valence-corrected chi connectivity index (χ2v) is 4.34. The Bertz CT molecular complexity index is 418. The molecule has 0 bridgehead atoms. The number of nitrogens with one attached hydrogen (secondary N) is 1. The summed E-state index contributed by atoms with van der Waals surface area (Å²) >= 11 is 0. The van der Waals surface area contributed by atoms with Crippen LogP contribution in [-0.4, -0.2) is 42.5 Å². The van der Waals surface area contributed by atoms with Gasteiger partial charge in [-0.1, -0.05) is 0 Å². The van der Waals surface area contributed by atoms with Crippen molar-refractivity contribution in [3.05, 3.63) is 29.8 Å². The minimum absolute atomic E-state index is 0. The molecule has 0 aliphatic rings. The zero-order valence-electron chi connectivity index (χ0n) is 11.0. The normalized spacial score (nSPS) is 9.84. The highest BCUT2D eigenvalue weighted by Gasteiger charge is 2.05. The van der Waals surface area contributed by atoms with E-state index >= 15 is 0 Å². The molecule has 0 spiro atoms. The lowest BCUT2D eigenvalue weighted by Gasteiger charge is -2.09. The molecule has 2 N–H and O–H groups in total. The molecule has 0 saturated heterocycles. The minimum Gasteiger partial charge on any atom is -0.478 e. The Morgan fingerprint density at radius 2 is 1.79 bits per heavy atom. The number of carbonyl (C=O) groups is 2. The third-order valence-electron chi connectivity index (χ3n) is 2.42. The van der Waals surface area contributed by atoms with Crippen LogP contribution in [-0.2, 0) is 4.79 Å². The third kappa shape index (κ3) is 6.79. The van der Waals surface area contributed by atoms with Gasteiger partial charge in [-0.05, 0) is 51.3 Å². The van der Waals surface area contributed by atoms with Crippen LogP contribution in [0.25, 0.3) is 0 Å². The van der Waals surface area contributed by atoms with E-state index in [0.717, 1.165) is 13.0 Å². The average Bonchev–Trinajstić information content (AvgIpc) is 2.29. The summed E-state index contributed by atoms with van der Waals surface area (Å²) in [6.07, 6.45) is 1.25. The largest absolute Gasteiger partial charge is 0.478 e. The molecule has 0 aliphatic carbocycles. The number of carbonyl (C=O) groups excluding carboxylic acids is 1. The van der Waals surface area contributed by atoms with Crippen molar-refractivity contribution in [3.63, 3.8) is 0 Å². The number of anilines is 1. The number of aromatic carboxylic acids is 1. The highest BCUT2D eigenvalue weighted by Crippen LogP contribution is 2.10. The highest BCUT2D eigenvalue weighted by molar-refractivity contribution is 5.92. The standard InChI is InChI=1S/C13H18N2O3.ClH/c1-15(2)9-3-4-12(16)14-11-7-5-10(6-8-11)13(17)18;/h5-8H,3-4,9H2,1-2H3,(H,14,16)(H,17,18);1H. The van der Waals surface area contributed by atoms with Gasteiger partial charge in [0.25, 0.3) is 0 Å². The van der Waals surface area contributed by atoms with Gasteiger partial charge in [0.2, 0.25) is 5.91 Å². The number of nitrogens with zero attached hydrogens (tertiary/aromatic N) is 1. The average molecular weight is 287 g/mol. The van der Waals surface area contributed by atoms with Gasteiger partial charge in [-0.25, -0.2) is 4.79 Å². The number of rotatable bonds is 6. The summed E-state index contributed by atoms with van der Waals surface area (Å²) in [5.74, 6) is -1.03. The fraction of sp³-hybridized carbons (Fsp3) is 0.385. The number of carboxylic acids is 1. The second-order valence-electron chi connectivity index (χ2n) is 4.34. The Morgan fingerprint density at radius 1 is 1.21 bits per heavy atom. The maximum Gasteiger partial charge on any atom is 0.335 e. The minimum atomic E-state index is -0.973. The topological polar surface area (TPSA) is 69.6 Å². The number of amides is 1. The molecule has 0 aliphatic heterocycles. The van der Waals surface area contributed by atoms with Crippen molar-refractivity contribution in [2.75, 3.05) is 26.0 Å². The first kappa shape index (κ1) is 17.4. The number of benzene rings is 1. The molecule has 106 valence electrons. The lowest BCUT2D eigenvalue weighted by atomic mass is 10.2. The van der Waals surface area contributed by atoms with E-state index in [1.807, 2.05) is 19.0 Å². The van der Waals surface area contributed by atoms with E-state index in [-0.39, 0.29) is 23.9 Å². The van der Waals surface area contributed by atoms with E-state index in [4.69, 9.17) is 5.11 Å². The van der Waals surface area contributed by atoms with E-state index in [9.17, 15) is 9.59 Å². The van der Waals surface area contributed by atoms with Gasteiger partial charge in [0.15, 0.2) is 0 Å². The van der Waals surface area contributed by atoms with Crippen LogP contribution >= 0.6 is 12.4 Å². The number of hydrogen-bond donors (Lipinski definition) is 2. The molecule has 6 heteroatoms. The summed E-state index contributed by atoms with van der Waals surface area (Å²) < 4.78 is 0. The molecule has 1 rings (SSSR count). The molecule has 5 nitrogen and oxygen atoms in total. The molecule has 0 saturated carbocycles. The summed E-state index contributed by atoms with van der Waals surface area (Å²) in [5, 5.41) is 11.5. The van der Waals surface area contributed by atoms with Gasteiger partial charge >= 0.3 is 5.97 Å². The Balaban J connectivity index is 0.00000324. The summed E-state index contributed by atoms with van der Waals surface area (Å²) in [5.41, 5.74) is 0.829. The summed E-state index contributed by atoms with van der Waals surface area (Å²) in [6.45, 7) is 0.866. The van der Waals surface area contributed by atoms with Crippen LogP contribution in [0.4, 0.5) is 5.69 Å². The van der Waals surface area contributed by atoms with Gasteiger partial charge in [0.05, 0.1) is 5.56 Å². The first-order valence-corrected chi connectivity index (χ1v) is 5.77. The lowest BCUT2D eigenvalue weighted by molar-refractivity contribution is -0.116. The van der Waals surface area contributed by atoms with Crippen molar-refractivity contribution in [1.82, 2.24) is 4.90 Å². The monoisotopic (exact) mass is 286 g/mol. The molecule has 0 heterocycles. The first-order valence-electron chi connectivity index (χ1n) is 5.77. The van der Waals surface area contributed by atoms with Crippen molar-refractivity contribution >= 4 is 30.0 Å². The summed E-state index contributed by atoms with van der Waals surface area (Å²) in [4.78, 5) is 24.2. The molecule has 0 atom stereocenters. The molecule has 0 radical (unpaired) electrons. The summed E-state index contributed by atoms with van der Waals surface area (Å²) in [7, 11) is 3.92. The first-order chi connectivity index (χ1) is 8.49. The molecule has 0 aromatic heterocycles. The quantitative estimate of drug-likeness (QED) is 0.840. The van der Waals surface area contributed by atoms with Crippen molar-refractivity contribution in [1.29, 1.82) is 0 Å². The Kier molecular flexibility index (Phi) is 7.79. The van der Waals surface area contributed by atoms with E-state index in [1.165, 1.54) is 12.1 Å². The van der Waals surface area contributed by atoms with Crippen LogP contribution in [0, 0.1) is 0 Å². The fourth-order valence-corrected chi connectivity index (χ4v) is 1.48. The number of halogens is 1. The molecule has 19 heavy (non-hydrogen) atoms. The zero-order valence-corrected chi connectivity index (χ0v) is 11.9. The highest BCUT2D eigenvalue weighted by atomic mass is 35.5. The van der Waals surface area contributed by atoms with Gasteiger partial charge in [-0.2, -0.15) is 0 Å². The third-order valence-corrected chi connectivity index (χ3v) is 2.42. The van der Waals surface area contributed by atoms with Crippen LogP contribution in [0.2, 0.25) is 0 Å². The van der Waals surface area contributed by atoms with Crippen LogP contribution in [0.3, 0.4) is 0 Å². The van der Waals surface area contributed by atoms with E-state index in [1.54, 1.807) is 12.1 Å². The van der Waals surface area contributed by atoms with Gasteiger partial charge in [0, 0.05) is 12.1 Å². The number of hydrogen-bond acceptors (Lipinski definition) is 3. The molecule has 0 fully saturated rings. The smallest absolute Gasteiger partial charge is 0.335 e. The van der Waals surface area contributed by atoms with Gasteiger partial charge in [-0.3, -0.25) is 4.79 Å². The Hall–Kier alpha value is -1.59. The van der Waals surface area contributed by atoms with Crippen molar-refractivity contribution in [2.45, 2.75) is 12.8 Å². The molecular weight excluding hydrogens is 268 g/mol. The van der Waals surface area contributed by atoms with E-state index in [0.29, 0.717) is 12.1 Å². The maximum atomic E-state index is 11.6. The predicted octanol–water partition coefficient (Wildman–Crippen LogP) is 2.09. The van der Waals surface area contributed by atoms with E-state index in [2.05, 4.69) is 5.32 Å². The van der Waals surface area contributed by atoms with Gasteiger partial charge in [0.1, 0.15) is 0 Å². The van der Waals surface area contributed by atoms with Crippen LogP contribution in [0.15, 0.2) is 24.3 Å². The second kappa shape index (κ2) is 8.50. The molecule has 1 aromatic rings. The summed E-state index contributed by atoms with van der Waals surface area (Å²) in [6, 6.07) is 6.12. The van der Waals surface area contributed by atoms with Crippen LogP contribution in [0.1, 0.15) is 23.2 Å². The molecule has 1 aromatic carbocycles. The molecule has 1 amide bonds. The molecule has 0 unspecified atom stereocenters. The van der Waals surface area contributed by atoms with E-state index < -0.39 is 5.97 Å². The van der Waals surface area contributed by atoms with Crippen molar-refractivity contribution in [2.24, 2.45) is 0 Å². The maximum absolute atomic E-state index is 11.6. The zero-order chi connectivity index (χ0) is 13.5. The van der Waals surface area contributed by atoms with Gasteiger partial charge < -0.3 is 15.3 Å². The van der Waals surface area contributed by atoms with Crippen molar-refractivity contribution < 1.29 is 14.7 Å². The Morgan fingerprint density at radius 3 is 2.26 bits per heavy atom. The lowest BCUT2D eigenvalue weighted by Crippen LogP contribution is -2.17. The van der Waals surface area contributed by atoms with Crippen LogP contribution in [0.5, 0.6) is 0 Å². The fourth-order valence-electron chi connectivity index (χ4n) is 1.48. The SMILES string of the molecule is CN(C)CCCC(=O)Nc1ccc(C(=O)O)cc1.Cl. The van der Waals surface area contributed by atoms with Crippen LogP contribution < -0.4 is 5.32 Å². The van der Waals surface area contributed by atoms with Crippen molar-refractivity contribution in [3.8, 4) is 0 Å². The molecular formula is C13H19ClN2O3. The van der Waals surface area contributed by atoms with Gasteiger partial charge in [-0.15, -0.1) is 12.4 Å². The predicted molar refractivity (Wildman–Crippen MR) is 77.1 cm³/mol. The number of carboxylic acid groups (broad SMARTS) is 1.